The number of sulfonamides is 1. The summed E-state index contributed by atoms with van der Waals surface area (Å²) < 4.78 is 31.7. The summed E-state index contributed by atoms with van der Waals surface area (Å²) in [4.78, 5) is 24.4. The lowest BCUT2D eigenvalue weighted by atomic mass is 10.1. The number of nitrogens with zero attached hydrogens (tertiary/aromatic N) is 1. The fourth-order valence-corrected chi connectivity index (χ4v) is 5.04. The van der Waals surface area contributed by atoms with E-state index in [2.05, 4.69) is 21.2 Å². The highest BCUT2D eigenvalue weighted by molar-refractivity contribution is 9.10. The van der Waals surface area contributed by atoms with Gasteiger partial charge in [-0.3, -0.25) is 9.59 Å². The van der Waals surface area contributed by atoms with Crippen molar-refractivity contribution >= 4 is 37.8 Å². The summed E-state index contributed by atoms with van der Waals surface area (Å²) >= 11 is 3.36. The highest BCUT2D eigenvalue weighted by atomic mass is 79.9. The molecule has 2 rings (SSSR count). The molecule has 1 fully saturated rings. The van der Waals surface area contributed by atoms with Gasteiger partial charge in [-0.05, 0) is 43.9 Å². The smallest absolute Gasteiger partial charge is 0.324 e. The third kappa shape index (κ3) is 6.02. The van der Waals surface area contributed by atoms with Crippen LogP contribution < -0.4 is 5.32 Å². The van der Waals surface area contributed by atoms with E-state index in [1.54, 1.807) is 6.92 Å². The van der Waals surface area contributed by atoms with Crippen LogP contribution in [-0.2, 0) is 24.3 Å². The molecule has 0 radical (unpaired) electrons. The van der Waals surface area contributed by atoms with E-state index in [9.17, 15) is 18.0 Å². The van der Waals surface area contributed by atoms with Crippen LogP contribution in [0.15, 0.2) is 28.7 Å². The van der Waals surface area contributed by atoms with Gasteiger partial charge in [0.15, 0.2) is 6.61 Å². The van der Waals surface area contributed by atoms with Crippen molar-refractivity contribution in [1.29, 1.82) is 0 Å². The summed E-state index contributed by atoms with van der Waals surface area (Å²) in [6.45, 7) is 3.49. The summed E-state index contributed by atoms with van der Waals surface area (Å²) in [5, 5.41) is 2.76. The van der Waals surface area contributed by atoms with Crippen LogP contribution in [0.4, 0.5) is 0 Å². The first kappa shape index (κ1) is 21.8. The maximum Gasteiger partial charge on any atom is 0.324 e. The first-order valence-corrected chi connectivity index (χ1v) is 11.4. The third-order valence-electron chi connectivity index (χ3n) is 4.39. The van der Waals surface area contributed by atoms with Crippen molar-refractivity contribution in [3.05, 3.63) is 34.3 Å². The second kappa shape index (κ2) is 9.66. The molecule has 2 unspecified atom stereocenters. The molecule has 1 heterocycles. The van der Waals surface area contributed by atoms with Gasteiger partial charge in [-0.15, -0.1) is 0 Å². The minimum atomic E-state index is -3.47. The number of ether oxygens (including phenoxy) is 1. The molecule has 0 aliphatic carbocycles. The zero-order valence-electron chi connectivity index (χ0n) is 15.5. The lowest BCUT2D eigenvalue weighted by molar-refractivity contribution is -0.151. The zero-order valence-corrected chi connectivity index (χ0v) is 17.9. The topological polar surface area (TPSA) is 92.8 Å². The number of amides is 1. The minimum Gasteiger partial charge on any atom is -0.454 e. The second-order valence-corrected chi connectivity index (χ2v) is 9.49. The number of esters is 1. The Balaban J connectivity index is 1.87. The van der Waals surface area contributed by atoms with Gasteiger partial charge in [0.2, 0.25) is 10.0 Å². The Hall–Kier alpha value is -1.45. The summed E-state index contributed by atoms with van der Waals surface area (Å²) in [6.07, 6.45) is 1.51. The van der Waals surface area contributed by atoms with Crippen LogP contribution in [0.5, 0.6) is 0 Å². The van der Waals surface area contributed by atoms with Gasteiger partial charge in [0.05, 0.1) is 11.8 Å². The molecule has 0 spiro atoms. The number of rotatable bonds is 8. The summed E-state index contributed by atoms with van der Waals surface area (Å²) in [5.74, 6) is -1.10. The molecule has 1 saturated heterocycles. The van der Waals surface area contributed by atoms with E-state index in [1.165, 1.54) is 4.31 Å². The first-order chi connectivity index (χ1) is 12.7. The maximum absolute atomic E-state index is 12.3. The molecule has 150 valence electrons. The fraction of sp³-hybridized carbons (Fsp3) is 0.556. The van der Waals surface area contributed by atoms with Gasteiger partial charge in [0.1, 0.15) is 6.04 Å². The lowest BCUT2D eigenvalue weighted by Gasteiger charge is -2.22. The number of benzene rings is 1. The molecule has 1 N–H and O–H groups in total. The van der Waals surface area contributed by atoms with Gasteiger partial charge in [-0.1, -0.05) is 35.0 Å². The van der Waals surface area contributed by atoms with Crippen LogP contribution in [0.25, 0.3) is 0 Å². The predicted molar refractivity (Wildman–Crippen MR) is 105 cm³/mol. The molecule has 1 aliphatic heterocycles. The average molecular weight is 461 g/mol. The molecule has 0 aromatic heterocycles. The Morgan fingerprint density at radius 3 is 2.63 bits per heavy atom. The van der Waals surface area contributed by atoms with Crippen LogP contribution in [0, 0.1) is 0 Å². The first-order valence-electron chi connectivity index (χ1n) is 8.95. The van der Waals surface area contributed by atoms with Gasteiger partial charge in [0, 0.05) is 11.0 Å². The predicted octanol–water partition coefficient (Wildman–Crippen LogP) is 2.37. The maximum atomic E-state index is 12.3. The van der Waals surface area contributed by atoms with Crippen molar-refractivity contribution in [2.75, 3.05) is 18.9 Å². The molecule has 1 amide bonds. The SMILES string of the molecule is CCCS(=O)(=O)N1CCCC1C(=O)OCC(=O)NC(C)c1ccc(Br)cc1. The largest absolute Gasteiger partial charge is 0.454 e. The summed E-state index contributed by atoms with van der Waals surface area (Å²) in [7, 11) is -3.47. The number of carbonyl (C=O) groups is 2. The molecule has 1 aromatic carbocycles. The minimum absolute atomic E-state index is 0.00196. The van der Waals surface area contributed by atoms with Crippen LogP contribution >= 0.6 is 15.9 Å². The van der Waals surface area contributed by atoms with Crippen molar-refractivity contribution in [1.82, 2.24) is 9.62 Å². The zero-order chi connectivity index (χ0) is 20.0. The van der Waals surface area contributed by atoms with Crippen LogP contribution in [0.1, 0.15) is 44.7 Å². The van der Waals surface area contributed by atoms with Gasteiger partial charge >= 0.3 is 5.97 Å². The Labute approximate surface area is 168 Å². The summed E-state index contributed by atoms with van der Waals surface area (Å²) in [5.41, 5.74) is 0.922. The number of halogens is 1. The molecule has 1 aliphatic rings. The summed E-state index contributed by atoms with van der Waals surface area (Å²) in [6, 6.07) is 6.45. The van der Waals surface area contributed by atoms with E-state index in [1.807, 2.05) is 31.2 Å². The van der Waals surface area contributed by atoms with Gasteiger partial charge < -0.3 is 10.1 Å². The number of nitrogens with one attached hydrogen (secondary N) is 1. The van der Waals surface area contributed by atoms with E-state index >= 15 is 0 Å². The molecular formula is C18H25BrN2O5S. The van der Waals surface area contributed by atoms with E-state index in [0.29, 0.717) is 25.8 Å². The van der Waals surface area contributed by atoms with Crippen molar-refractivity contribution < 1.29 is 22.7 Å². The highest BCUT2D eigenvalue weighted by Gasteiger charge is 2.39. The average Bonchev–Trinajstić information content (AvgIpc) is 3.11. The van der Waals surface area contributed by atoms with Gasteiger partial charge in [0.25, 0.3) is 5.91 Å². The quantitative estimate of drug-likeness (QED) is 0.601. The van der Waals surface area contributed by atoms with E-state index < -0.39 is 34.5 Å². The van der Waals surface area contributed by atoms with Crippen LogP contribution in [0.2, 0.25) is 0 Å². The molecule has 9 heteroatoms. The van der Waals surface area contributed by atoms with Gasteiger partial charge in [-0.2, -0.15) is 4.31 Å². The molecule has 27 heavy (non-hydrogen) atoms. The second-order valence-electron chi connectivity index (χ2n) is 6.53. The Kier molecular flexibility index (Phi) is 7.81. The van der Waals surface area contributed by atoms with Crippen LogP contribution in [0.3, 0.4) is 0 Å². The van der Waals surface area contributed by atoms with Gasteiger partial charge in [-0.25, -0.2) is 8.42 Å². The van der Waals surface area contributed by atoms with E-state index in [4.69, 9.17) is 4.74 Å². The molecule has 1 aromatic rings. The number of carbonyl (C=O) groups excluding carboxylic acids is 2. The Bertz CT molecular complexity index is 766. The molecule has 0 bridgehead atoms. The van der Waals surface area contributed by atoms with Crippen molar-refractivity contribution in [2.24, 2.45) is 0 Å². The fourth-order valence-electron chi connectivity index (χ4n) is 3.03. The lowest BCUT2D eigenvalue weighted by Crippen LogP contribution is -2.43. The third-order valence-corrected chi connectivity index (χ3v) is 6.99. The Morgan fingerprint density at radius 1 is 1.33 bits per heavy atom. The Morgan fingerprint density at radius 2 is 2.00 bits per heavy atom. The monoisotopic (exact) mass is 460 g/mol. The number of hydrogen-bond acceptors (Lipinski definition) is 5. The van der Waals surface area contributed by atoms with Crippen molar-refractivity contribution in [2.45, 2.75) is 45.2 Å². The van der Waals surface area contributed by atoms with Crippen molar-refractivity contribution in [3.8, 4) is 0 Å². The van der Waals surface area contributed by atoms with E-state index in [0.717, 1.165) is 10.0 Å². The number of hydrogen-bond donors (Lipinski definition) is 1. The van der Waals surface area contributed by atoms with Crippen molar-refractivity contribution in [3.63, 3.8) is 0 Å². The normalized spacial score (nSPS) is 18.9. The standard InChI is InChI=1S/C18H25BrN2O5S/c1-3-11-27(24,25)21-10-4-5-16(21)18(23)26-12-17(22)20-13(2)14-6-8-15(19)9-7-14/h6-9,13,16H,3-5,10-12H2,1-2H3,(H,20,22). The molecule has 7 nitrogen and oxygen atoms in total. The molecule has 0 saturated carbocycles. The molecule has 2 atom stereocenters. The van der Waals surface area contributed by atoms with Crippen LogP contribution in [-0.4, -0.2) is 49.5 Å². The highest BCUT2D eigenvalue weighted by Crippen LogP contribution is 2.23. The van der Waals surface area contributed by atoms with E-state index in [-0.39, 0.29) is 11.8 Å². The molecular weight excluding hydrogens is 436 g/mol.